The quantitative estimate of drug-likeness (QED) is 0.478. The van der Waals surface area contributed by atoms with Crippen molar-refractivity contribution in [1.82, 2.24) is 9.80 Å². The van der Waals surface area contributed by atoms with E-state index in [-0.39, 0.29) is 36.1 Å². The van der Waals surface area contributed by atoms with Crippen molar-refractivity contribution < 1.29 is 19.1 Å². The molecule has 4 fully saturated rings. The first kappa shape index (κ1) is 29.6. The van der Waals surface area contributed by atoms with E-state index in [9.17, 15) is 9.59 Å². The van der Waals surface area contributed by atoms with Crippen molar-refractivity contribution in [2.75, 3.05) is 61.5 Å². The van der Waals surface area contributed by atoms with E-state index < -0.39 is 0 Å². The van der Waals surface area contributed by atoms with E-state index in [2.05, 4.69) is 32.6 Å². The highest BCUT2D eigenvalue weighted by Gasteiger charge is 2.32. The third-order valence-corrected chi connectivity index (χ3v) is 10.6. The number of aliphatic imine (C=N–C) groups is 2. The second kappa shape index (κ2) is 13.5. The maximum atomic E-state index is 12.1. The summed E-state index contributed by atoms with van der Waals surface area (Å²) in [6.07, 6.45) is 2.97. The highest BCUT2D eigenvalue weighted by molar-refractivity contribution is 8.14. The number of carbonyl (C=O) groups excluding carboxylic acids is 2. The predicted molar refractivity (Wildman–Crippen MR) is 177 cm³/mol. The van der Waals surface area contributed by atoms with Gasteiger partial charge >= 0.3 is 0 Å². The number of fused-ring (bicyclic) bond motifs is 2. The zero-order valence-corrected chi connectivity index (χ0v) is 26.3. The lowest BCUT2D eigenvalue weighted by Crippen LogP contribution is -2.26. The van der Waals surface area contributed by atoms with Gasteiger partial charge in [0.05, 0.1) is 12.1 Å². The molecule has 0 radical (unpaired) electrons. The van der Waals surface area contributed by atoms with Gasteiger partial charge in [0.25, 0.3) is 11.8 Å². The maximum absolute atomic E-state index is 12.1. The third kappa shape index (κ3) is 6.78. The summed E-state index contributed by atoms with van der Waals surface area (Å²) in [5.41, 5.74) is 3.98. The molecular formula is C32H38N6O4S2. The smallest absolute Gasteiger partial charge is 0.253 e. The second-order valence-corrected chi connectivity index (χ2v) is 13.8. The van der Waals surface area contributed by atoms with Gasteiger partial charge in [-0.3, -0.25) is 19.6 Å². The lowest BCUT2D eigenvalue weighted by molar-refractivity contribution is -0.125. The molecule has 10 nitrogen and oxygen atoms in total. The molecule has 0 aliphatic carbocycles. The van der Waals surface area contributed by atoms with Crippen molar-refractivity contribution in [3.05, 3.63) is 59.7 Å². The zero-order valence-electron chi connectivity index (χ0n) is 24.7. The molecular weight excluding hydrogens is 597 g/mol. The van der Waals surface area contributed by atoms with E-state index in [0.717, 1.165) is 85.9 Å². The molecule has 6 heterocycles. The number of anilines is 2. The van der Waals surface area contributed by atoms with Gasteiger partial charge in [-0.15, -0.1) is 0 Å². The average molecular weight is 635 g/mol. The molecule has 4 atom stereocenters. The molecule has 2 amide bonds. The van der Waals surface area contributed by atoms with Gasteiger partial charge in [0, 0.05) is 62.3 Å². The number of hydrogen-bond donors (Lipinski definition) is 2. The Morgan fingerprint density at radius 1 is 0.727 bits per heavy atom. The van der Waals surface area contributed by atoms with Crippen molar-refractivity contribution >= 4 is 57.0 Å². The van der Waals surface area contributed by atoms with Crippen LogP contribution in [0, 0.1) is 0 Å². The van der Waals surface area contributed by atoms with Crippen LogP contribution in [0.3, 0.4) is 0 Å². The standard InChI is InChI=1S/2C16H19N3O2S/c2*20-15(14-5-2-7-21-14)17-12-4-1-3-11(9-12)13-10-19-6-8-22-16(19)18-13/h2*1,3-4,9,13-14H,2,5-8,10H2,(H,17,20)/t13-,14+;/m1./s1. The molecule has 232 valence electrons. The Labute approximate surface area is 266 Å². The monoisotopic (exact) mass is 634 g/mol. The first-order valence-corrected chi connectivity index (χ1v) is 17.5. The minimum Gasteiger partial charge on any atom is -0.368 e. The Kier molecular flexibility index (Phi) is 9.10. The number of nitrogens with zero attached hydrogens (tertiary/aromatic N) is 4. The lowest BCUT2D eigenvalue weighted by Gasteiger charge is -2.15. The maximum Gasteiger partial charge on any atom is 0.253 e. The van der Waals surface area contributed by atoms with Crippen LogP contribution in [0.15, 0.2) is 58.5 Å². The molecule has 6 aliphatic rings. The molecule has 2 aromatic carbocycles. The van der Waals surface area contributed by atoms with E-state index >= 15 is 0 Å². The molecule has 12 heteroatoms. The SMILES string of the molecule is O=C(Nc1cccc(C2CN3CCSC3=N2)c1)C1CCCO1.O=C(Nc1cccc([C@H]2CN3CCSC3=N2)c1)[C@@H]1CCCO1. The summed E-state index contributed by atoms with van der Waals surface area (Å²) in [5, 5.41) is 8.26. The zero-order chi connectivity index (χ0) is 29.9. The number of thioether (sulfide) groups is 2. The molecule has 0 spiro atoms. The summed E-state index contributed by atoms with van der Waals surface area (Å²) in [6.45, 7) is 5.46. The van der Waals surface area contributed by atoms with Crippen molar-refractivity contribution in [1.29, 1.82) is 0 Å². The Morgan fingerprint density at radius 3 is 1.61 bits per heavy atom. The molecule has 2 unspecified atom stereocenters. The van der Waals surface area contributed by atoms with Gasteiger partial charge in [-0.25, -0.2) is 0 Å². The van der Waals surface area contributed by atoms with Crippen LogP contribution >= 0.6 is 23.5 Å². The van der Waals surface area contributed by atoms with Crippen molar-refractivity contribution in [2.24, 2.45) is 9.98 Å². The molecule has 0 aromatic heterocycles. The summed E-state index contributed by atoms with van der Waals surface area (Å²) in [4.78, 5) is 38.5. The van der Waals surface area contributed by atoms with Crippen LogP contribution in [0.4, 0.5) is 11.4 Å². The predicted octanol–water partition coefficient (Wildman–Crippen LogP) is 4.53. The number of rotatable bonds is 6. The van der Waals surface area contributed by atoms with Crippen LogP contribution in [-0.4, -0.2) is 95.1 Å². The minimum atomic E-state index is -0.294. The van der Waals surface area contributed by atoms with Gasteiger partial charge in [-0.05, 0) is 61.1 Å². The van der Waals surface area contributed by atoms with Crippen LogP contribution in [0.25, 0.3) is 0 Å². The Balaban J connectivity index is 0.000000142. The van der Waals surface area contributed by atoms with Crippen molar-refractivity contribution in [2.45, 2.75) is 50.0 Å². The first-order valence-electron chi connectivity index (χ1n) is 15.5. The van der Waals surface area contributed by atoms with Crippen LogP contribution in [0.5, 0.6) is 0 Å². The highest BCUT2D eigenvalue weighted by Crippen LogP contribution is 2.34. The molecule has 0 saturated carbocycles. The summed E-state index contributed by atoms with van der Waals surface area (Å²) in [7, 11) is 0. The van der Waals surface area contributed by atoms with Crippen LogP contribution < -0.4 is 10.6 Å². The number of carbonyl (C=O) groups is 2. The van der Waals surface area contributed by atoms with E-state index in [4.69, 9.17) is 19.5 Å². The van der Waals surface area contributed by atoms with Gasteiger partial charge in [0.2, 0.25) is 0 Å². The van der Waals surface area contributed by atoms with Gasteiger partial charge in [0.1, 0.15) is 12.2 Å². The summed E-state index contributed by atoms with van der Waals surface area (Å²) in [6, 6.07) is 16.4. The number of ether oxygens (including phenoxy) is 2. The first-order chi connectivity index (χ1) is 21.6. The van der Waals surface area contributed by atoms with Crippen LogP contribution in [-0.2, 0) is 19.1 Å². The normalized spacial score (nSPS) is 26.9. The molecule has 44 heavy (non-hydrogen) atoms. The fraction of sp³-hybridized carbons (Fsp3) is 0.500. The number of benzene rings is 2. The Bertz CT molecular complexity index is 1330. The van der Waals surface area contributed by atoms with Crippen LogP contribution in [0.2, 0.25) is 0 Å². The van der Waals surface area contributed by atoms with Crippen molar-refractivity contribution in [3.8, 4) is 0 Å². The van der Waals surface area contributed by atoms with Gasteiger partial charge < -0.3 is 29.9 Å². The fourth-order valence-electron chi connectivity index (χ4n) is 6.23. The topological polar surface area (TPSA) is 108 Å². The van der Waals surface area contributed by atoms with Gasteiger partial charge in [0.15, 0.2) is 10.3 Å². The summed E-state index contributed by atoms with van der Waals surface area (Å²) >= 11 is 3.67. The molecule has 8 rings (SSSR count). The number of amides is 2. The Hall–Kier alpha value is -3.06. The number of amidine groups is 2. The molecule has 2 N–H and O–H groups in total. The Morgan fingerprint density at radius 2 is 1.20 bits per heavy atom. The largest absolute Gasteiger partial charge is 0.368 e. The molecule has 6 aliphatic heterocycles. The minimum absolute atomic E-state index is 0.0384. The summed E-state index contributed by atoms with van der Waals surface area (Å²) in [5.74, 6) is 2.21. The average Bonchev–Trinajstić information content (AvgIpc) is 3.86. The highest BCUT2D eigenvalue weighted by atomic mass is 32.2. The van der Waals surface area contributed by atoms with E-state index in [1.807, 2.05) is 59.9 Å². The lowest BCUT2D eigenvalue weighted by atomic mass is 10.1. The van der Waals surface area contributed by atoms with Crippen LogP contribution in [0.1, 0.15) is 48.9 Å². The molecule has 0 bridgehead atoms. The number of nitrogens with one attached hydrogen (secondary N) is 2. The van der Waals surface area contributed by atoms with E-state index in [1.54, 1.807) is 0 Å². The van der Waals surface area contributed by atoms with Gasteiger partial charge in [-0.1, -0.05) is 47.8 Å². The second-order valence-electron chi connectivity index (χ2n) is 11.7. The van der Waals surface area contributed by atoms with Crippen molar-refractivity contribution in [3.63, 3.8) is 0 Å². The van der Waals surface area contributed by atoms with E-state index in [0.29, 0.717) is 13.2 Å². The van der Waals surface area contributed by atoms with E-state index in [1.165, 1.54) is 10.3 Å². The fourth-order valence-corrected chi connectivity index (χ4v) is 8.32. The molecule has 2 aromatic rings. The number of hydrogen-bond acceptors (Lipinski definition) is 10. The summed E-state index contributed by atoms with van der Waals surface area (Å²) < 4.78 is 10.8. The molecule has 4 saturated heterocycles. The van der Waals surface area contributed by atoms with Gasteiger partial charge in [-0.2, -0.15) is 0 Å². The third-order valence-electron chi connectivity index (χ3n) is 8.57.